The number of hydrazine groups is 1. The Labute approximate surface area is 125 Å². The highest BCUT2D eigenvalue weighted by Crippen LogP contribution is 2.26. The number of morpholine rings is 1. The van der Waals surface area contributed by atoms with Gasteiger partial charge >= 0.3 is 0 Å². The average molecular weight is 286 g/mol. The highest BCUT2D eigenvalue weighted by Gasteiger charge is 2.12. The van der Waals surface area contributed by atoms with Gasteiger partial charge in [0.25, 0.3) is 0 Å². The second-order valence-corrected chi connectivity index (χ2v) is 5.37. The predicted octanol–water partition coefficient (Wildman–Crippen LogP) is 2.31. The Bertz CT molecular complexity index is 623. The molecule has 1 aromatic carbocycles. The first kappa shape index (κ1) is 14.1. The van der Waals surface area contributed by atoms with Crippen LogP contribution in [0.1, 0.15) is 18.9 Å². The Hall–Kier alpha value is -1.85. The number of aromatic nitrogens is 1. The molecule has 0 amide bonds. The van der Waals surface area contributed by atoms with E-state index in [2.05, 4.69) is 46.5 Å². The van der Waals surface area contributed by atoms with Gasteiger partial charge in [-0.1, -0.05) is 13.3 Å². The minimum Gasteiger partial charge on any atom is -0.378 e. The van der Waals surface area contributed by atoms with Crippen LogP contribution in [-0.2, 0) is 11.2 Å². The summed E-state index contributed by atoms with van der Waals surface area (Å²) in [4.78, 5) is 6.98. The Morgan fingerprint density at radius 2 is 2.10 bits per heavy atom. The molecule has 0 spiro atoms. The van der Waals surface area contributed by atoms with Gasteiger partial charge in [0, 0.05) is 24.2 Å². The molecule has 0 unspecified atom stereocenters. The molecular formula is C16H22N4O. The minimum absolute atomic E-state index is 0.781. The number of hydrogen-bond acceptors (Lipinski definition) is 5. The van der Waals surface area contributed by atoms with Crippen LogP contribution in [0.25, 0.3) is 10.9 Å². The summed E-state index contributed by atoms with van der Waals surface area (Å²) in [6.45, 7) is 5.65. The van der Waals surface area contributed by atoms with Crippen LogP contribution in [0, 0.1) is 0 Å². The van der Waals surface area contributed by atoms with Crippen LogP contribution in [0.3, 0.4) is 0 Å². The summed E-state index contributed by atoms with van der Waals surface area (Å²) >= 11 is 0. The number of anilines is 2. The second-order valence-electron chi connectivity index (χ2n) is 5.37. The highest BCUT2D eigenvalue weighted by atomic mass is 16.5. The van der Waals surface area contributed by atoms with Gasteiger partial charge in [-0.15, -0.1) is 0 Å². The molecule has 1 saturated heterocycles. The summed E-state index contributed by atoms with van der Waals surface area (Å²) in [5, 5.41) is 1.17. The number of nitrogens with zero attached hydrogens (tertiary/aromatic N) is 2. The molecule has 2 heterocycles. The van der Waals surface area contributed by atoms with Crippen molar-refractivity contribution in [2.75, 3.05) is 36.6 Å². The molecule has 5 heteroatoms. The van der Waals surface area contributed by atoms with Gasteiger partial charge in [-0.25, -0.2) is 10.8 Å². The molecule has 1 aromatic heterocycles. The quantitative estimate of drug-likeness (QED) is 0.667. The number of aryl methyl sites for hydroxylation is 1. The molecule has 0 radical (unpaired) electrons. The lowest BCUT2D eigenvalue weighted by Crippen LogP contribution is -2.36. The van der Waals surface area contributed by atoms with Gasteiger partial charge in [0.1, 0.15) is 5.82 Å². The number of benzene rings is 1. The van der Waals surface area contributed by atoms with Crippen molar-refractivity contribution in [3.63, 3.8) is 0 Å². The van der Waals surface area contributed by atoms with Crippen LogP contribution in [0.4, 0.5) is 11.5 Å². The van der Waals surface area contributed by atoms with Crippen LogP contribution < -0.4 is 16.2 Å². The van der Waals surface area contributed by atoms with Crippen molar-refractivity contribution in [2.24, 2.45) is 5.84 Å². The molecule has 21 heavy (non-hydrogen) atoms. The summed E-state index contributed by atoms with van der Waals surface area (Å²) in [6, 6.07) is 8.61. The van der Waals surface area contributed by atoms with Crippen LogP contribution in [-0.4, -0.2) is 31.3 Å². The third kappa shape index (κ3) is 2.94. The lowest BCUT2D eigenvalue weighted by molar-refractivity contribution is 0.122. The number of nitrogen functional groups attached to an aromatic ring is 1. The van der Waals surface area contributed by atoms with E-state index < -0.39 is 0 Å². The van der Waals surface area contributed by atoms with Crippen LogP contribution in [0.15, 0.2) is 24.3 Å². The van der Waals surface area contributed by atoms with E-state index in [9.17, 15) is 0 Å². The molecule has 2 aromatic rings. The highest BCUT2D eigenvalue weighted by molar-refractivity contribution is 5.85. The lowest BCUT2D eigenvalue weighted by Gasteiger charge is -2.29. The molecule has 0 atom stereocenters. The summed E-state index contributed by atoms with van der Waals surface area (Å²) < 4.78 is 5.41. The van der Waals surface area contributed by atoms with Crippen molar-refractivity contribution in [1.82, 2.24) is 4.98 Å². The summed E-state index contributed by atoms with van der Waals surface area (Å²) in [6.07, 6.45) is 2.05. The number of hydrogen-bond donors (Lipinski definition) is 2. The smallest absolute Gasteiger partial charge is 0.143 e. The number of nitrogens with one attached hydrogen (secondary N) is 1. The SMILES string of the molecule is CCCc1cc2cc(N3CCOCC3)ccc2nc1NN. The number of ether oxygens (including phenoxy) is 1. The molecule has 3 rings (SSSR count). The molecule has 0 bridgehead atoms. The molecule has 112 valence electrons. The van der Waals surface area contributed by atoms with Crippen molar-refractivity contribution in [3.8, 4) is 0 Å². The van der Waals surface area contributed by atoms with E-state index in [1.165, 1.54) is 16.6 Å². The van der Waals surface area contributed by atoms with Crippen molar-refractivity contribution >= 4 is 22.4 Å². The monoisotopic (exact) mass is 286 g/mol. The van der Waals surface area contributed by atoms with Gasteiger partial charge in [-0.2, -0.15) is 0 Å². The third-order valence-corrected chi connectivity index (χ3v) is 3.91. The van der Waals surface area contributed by atoms with Crippen molar-refractivity contribution < 1.29 is 4.74 Å². The molecular weight excluding hydrogens is 264 g/mol. The topological polar surface area (TPSA) is 63.4 Å². The number of fused-ring (bicyclic) bond motifs is 1. The summed E-state index contributed by atoms with van der Waals surface area (Å²) in [5.74, 6) is 6.37. The van der Waals surface area contributed by atoms with E-state index in [1.807, 2.05) is 0 Å². The zero-order valence-electron chi connectivity index (χ0n) is 12.4. The fourth-order valence-corrected chi connectivity index (χ4v) is 2.81. The van der Waals surface area contributed by atoms with E-state index in [1.54, 1.807) is 0 Å². The zero-order valence-corrected chi connectivity index (χ0v) is 12.4. The summed E-state index contributed by atoms with van der Waals surface area (Å²) in [7, 11) is 0. The third-order valence-electron chi connectivity index (χ3n) is 3.91. The molecule has 1 aliphatic heterocycles. The first-order valence-corrected chi connectivity index (χ1v) is 7.55. The number of nitrogens with two attached hydrogens (primary N) is 1. The maximum Gasteiger partial charge on any atom is 0.143 e. The normalized spacial score (nSPS) is 15.4. The molecule has 5 nitrogen and oxygen atoms in total. The largest absolute Gasteiger partial charge is 0.378 e. The van der Waals surface area contributed by atoms with E-state index in [-0.39, 0.29) is 0 Å². The van der Waals surface area contributed by atoms with Crippen molar-refractivity contribution in [1.29, 1.82) is 0 Å². The lowest BCUT2D eigenvalue weighted by atomic mass is 10.1. The second kappa shape index (κ2) is 6.28. The number of rotatable bonds is 4. The molecule has 0 aliphatic carbocycles. The van der Waals surface area contributed by atoms with Gasteiger partial charge in [0.05, 0.1) is 18.7 Å². The average Bonchev–Trinajstić information content (AvgIpc) is 2.55. The molecule has 1 fully saturated rings. The fourth-order valence-electron chi connectivity index (χ4n) is 2.81. The van der Waals surface area contributed by atoms with Gasteiger partial charge in [-0.05, 0) is 36.2 Å². The van der Waals surface area contributed by atoms with Crippen LogP contribution >= 0.6 is 0 Å². The van der Waals surface area contributed by atoms with E-state index >= 15 is 0 Å². The molecule has 1 aliphatic rings. The Balaban J connectivity index is 1.99. The minimum atomic E-state index is 0.781. The van der Waals surface area contributed by atoms with Crippen LogP contribution in [0.2, 0.25) is 0 Å². The van der Waals surface area contributed by atoms with Gasteiger partial charge in [0.15, 0.2) is 0 Å². The maximum atomic E-state index is 5.58. The predicted molar refractivity (Wildman–Crippen MR) is 86.6 cm³/mol. The van der Waals surface area contributed by atoms with E-state index in [0.29, 0.717) is 0 Å². The Morgan fingerprint density at radius 1 is 1.29 bits per heavy atom. The van der Waals surface area contributed by atoms with Crippen molar-refractivity contribution in [3.05, 3.63) is 29.8 Å². The zero-order chi connectivity index (χ0) is 14.7. The Morgan fingerprint density at radius 3 is 2.81 bits per heavy atom. The van der Waals surface area contributed by atoms with E-state index in [4.69, 9.17) is 10.6 Å². The van der Waals surface area contributed by atoms with E-state index in [0.717, 1.165) is 50.5 Å². The van der Waals surface area contributed by atoms with Gasteiger partial charge < -0.3 is 15.1 Å². The van der Waals surface area contributed by atoms with Gasteiger partial charge in [-0.3, -0.25) is 0 Å². The first-order chi connectivity index (χ1) is 10.3. The van der Waals surface area contributed by atoms with Gasteiger partial charge in [0.2, 0.25) is 0 Å². The van der Waals surface area contributed by atoms with Crippen molar-refractivity contribution in [2.45, 2.75) is 19.8 Å². The Kier molecular flexibility index (Phi) is 4.22. The molecule has 0 saturated carbocycles. The van der Waals surface area contributed by atoms with Crippen LogP contribution in [0.5, 0.6) is 0 Å². The molecule has 3 N–H and O–H groups in total. The standard InChI is InChI=1S/C16H22N4O/c1-2-3-12-10-13-11-14(20-6-8-21-9-7-20)4-5-15(13)18-16(12)19-17/h4-5,10-11H,2-3,6-9,17H2,1H3,(H,18,19). The summed E-state index contributed by atoms with van der Waals surface area (Å²) in [5.41, 5.74) is 6.10. The first-order valence-electron chi connectivity index (χ1n) is 7.55. The fraction of sp³-hybridized carbons (Fsp3) is 0.438. The maximum absolute atomic E-state index is 5.58. The number of pyridine rings is 1.